The Morgan fingerprint density at radius 1 is 1.28 bits per heavy atom. The Labute approximate surface area is 214 Å². The zero-order chi connectivity index (χ0) is 25.4. The van der Waals surface area contributed by atoms with Crippen molar-refractivity contribution < 1.29 is 9.53 Å². The first-order chi connectivity index (χ1) is 17.3. The lowest BCUT2D eigenvalue weighted by atomic mass is 9.96. The van der Waals surface area contributed by atoms with Crippen LogP contribution in [0.4, 0.5) is 23.1 Å². The van der Waals surface area contributed by atoms with Crippen molar-refractivity contribution in [2.24, 2.45) is 13.0 Å². The first-order valence-corrected chi connectivity index (χ1v) is 12.5. The van der Waals surface area contributed by atoms with Crippen molar-refractivity contribution in [1.82, 2.24) is 19.4 Å². The number of rotatable bonds is 4. The van der Waals surface area contributed by atoms with Crippen LogP contribution in [0.5, 0.6) is 5.75 Å². The predicted molar refractivity (Wildman–Crippen MR) is 142 cm³/mol. The number of ether oxygens (including phenoxy) is 1. The van der Waals surface area contributed by atoms with E-state index in [1.54, 1.807) is 36.8 Å². The van der Waals surface area contributed by atoms with Gasteiger partial charge in [0, 0.05) is 57.8 Å². The van der Waals surface area contributed by atoms with Crippen LogP contribution in [0.1, 0.15) is 19.3 Å². The van der Waals surface area contributed by atoms with Crippen molar-refractivity contribution in [3.63, 3.8) is 0 Å². The van der Waals surface area contributed by atoms with Gasteiger partial charge in [0.2, 0.25) is 17.6 Å². The van der Waals surface area contributed by atoms with Gasteiger partial charge < -0.3 is 29.7 Å². The van der Waals surface area contributed by atoms with Crippen molar-refractivity contribution >= 4 is 51.6 Å². The quantitative estimate of drug-likeness (QED) is 0.550. The average Bonchev–Trinajstić information content (AvgIpc) is 3.15. The number of anilines is 4. The van der Waals surface area contributed by atoms with E-state index >= 15 is 0 Å². The van der Waals surface area contributed by atoms with Gasteiger partial charge in [-0.1, -0.05) is 11.6 Å². The summed E-state index contributed by atoms with van der Waals surface area (Å²) in [6.45, 7) is 2.63. The minimum absolute atomic E-state index is 0.0300. The van der Waals surface area contributed by atoms with Crippen LogP contribution in [-0.4, -0.2) is 65.7 Å². The molecule has 0 atom stereocenters. The number of nitrogens with zero attached hydrogens (tertiary/aromatic N) is 5. The van der Waals surface area contributed by atoms with E-state index in [0.717, 1.165) is 42.4 Å². The number of hydrogen-bond acceptors (Lipinski definition) is 8. The summed E-state index contributed by atoms with van der Waals surface area (Å²) >= 11 is 6.45. The number of hydrogen-bond donors (Lipinski definition) is 2. The Hall–Kier alpha value is -3.53. The molecule has 4 heterocycles. The summed E-state index contributed by atoms with van der Waals surface area (Å²) in [6.07, 6.45) is 3.93. The summed E-state index contributed by atoms with van der Waals surface area (Å²) in [7, 11) is 5.33. The van der Waals surface area contributed by atoms with Crippen molar-refractivity contribution in [3.05, 3.63) is 39.8 Å². The second-order valence-corrected chi connectivity index (χ2v) is 9.82. The summed E-state index contributed by atoms with van der Waals surface area (Å²) in [4.78, 5) is 38.0. The summed E-state index contributed by atoms with van der Waals surface area (Å²) in [5, 5.41) is 7.95. The minimum atomic E-state index is -0.160. The van der Waals surface area contributed by atoms with Crippen LogP contribution >= 0.6 is 11.6 Å². The third kappa shape index (κ3) is 4.53. The molecule has 0 aliphatic carbocycles. The number of carbonyl (C=O) groups is 1. The molecule has 1 fully saturated rings. The lowest BCUT2D eigenvalue weighted by Crippen LogP contribution is -2.40. The molecule has 2 aliphatic heterocycles. The van der Waals surface area contributed by atoms with Gasteiger partial charge in [0.15, 0.2) is 5.82 Å². The van der Waals surface area contributed by atoms with E-state index in [-0.39, 0.29) is 17.4 Å². The molecule has 2 aromatic heterocycles. The van der Waals surface area contributed by atoms with Crippen LogP contribution < -0.4 is 25.8 Å². The molecule has 0 radical (unpaired) electrons. The highest BCUT2D eigenvalue weighted by Gasteiger charge is 2.27. The van der Waals surface area contributed by atoms with E-state index in [4.69, 9.17) is 21.3 Å². The average molecular weight is 512 g/mol. The van der Waals surface area contributed by atoms with Crippen molar-refractivity contribution in [2.45, 2.75) is 19.3 Å². The molecule has 3 aromatic rings. The highest BCUT2D eigenvalue weighted by Crippen LogP contribution is 2.34. The third-order valence-corrected chi connectivity index (χ3v) is 7.06. The first-order valence-electron chi connectivity index (χ1n) is 12.1. The zero-order valence-corrected chi connectivity index (χ0v) is 21.4. The Morgan fingerprint density at radius 3 is 2.81 bits per heavy atom. The molecular formula is C25H30ClN7O3. The van der Waals surface area contributed by atoms with Crippen LogP contribution in [0, 0.1) is 5.92 Å². The SMILES string of the molecule is CN(C)C(=O)C1CCN(c2ncc(Cl)c(Nc3ccc4c(c3)c3c(c(=O)n4C)OCCCN3)n2)CC1. The highest BCUT2D eigenvalue weighted by atomic mass is 35.5. The Kier molecular flexibility index (Phi) is 6.61. The highest BCUT2D eigenvalue weighted by molar-refractivity contribution is 6.33. The van der Waals surface area contributed by atoms with E-state index in [9.17, 15) is 9.59 Å². The Bertz CT molecular complexity index is 1370. The zero-order valence-electron chi connectivity index (χ0n) is 20.7. The van der Waals surface area contributed by atoms with Gasteiger partial charge in [0.05, 0.1) is 24.0 Å². The van der Waals surface area contributed by atoms with Gasteiger partial charge in [-0.05, 0) is 37.5 Å². The van der Waals surface area contributed by atoms with Gasteiger partial charge >= 0.3 is 0 Å². The molecule has 0 spiro atoms. The van der Waals surface area contributed by atoms with E-state index in [1.165, 1.54) is 0 Å². The summed E-state index contributed by atoms with van der Waals surface area (Å²) in [6, 6.07) is 5.75. The molecule has 5 rings (SSSR count). The van der Waals surface area contributed by atoms with E-state index < -0.39 is 0 Å². The normalized spacial score (nSPS) is 16.1. The fourth-order valence-corrected chi connectivity index (χ4v) is 4.93. The van der Waals surface area contributed by atoms with E-state index in [1.807, 2.05) is 18.2 Å². The van der Waals surface area contributed by atoms with Crippen molar-refractivity contribution in [1.29, 1.82) is 0 Å². The second-order valence-electron chi connectivity index (χ2n) is 9.41. The maximum Gasteiger partial charge on any atom is 0.295 e. The summed E-state index contributed by atoms with van der Waals surface area (Å²) < 4.78 is 7.38. The molecule has 36 heavy (non-hydrogen) atoms. The van der Waals surface area contributed by atoms with E-state index in [0.29, 0.717) is 47.9 Å². The topological polar surface area (TPSA) is 105 Å². The standard InChI is InChI=1S/C25H30ClN7O3/c1-31(2)23(34)15-7-10-33(11-8-15)25-28-14-18(26)22(30-25)29-16-5-6-19-17(13-16)20-21(24(35)32(19)3)36-12-4-9-27-20/h5-6,13-15,27H,4,7-12H2,1-3H3,(H,28,29,30). The van der Waals surface area contributed by atoms with Crippen molar-refractivity contribution in [2.75, 3.05) is 55.9 Å². The molecule has 1 saturated heterocycles. The van der Waals surface area contributed by atoms with Gasteiger partial charge in [-0.25, -0.2) is 4.98 Å². The van der Waals surface area contributed by atoms with Gasteiger partial charge in [-0.2, -0.15) is 4.98 Å². The second kappa shape index (κ2) is 9.85. The monoisotopic (exact) mass is 511 g/mol. The fraction of sp³-hybridized carbons (Fsp3) is 0.440. The number of pyridine rings is 1. The Balaban J connectivity index is 1.41. The van der Waals surface area contributed by atoms with Crippen LogP contribution in [0.25, 0.3) is 10.9 Å². The molecule has 2 N–H and O–H groups in total. The maximum absolute atomic E-state index is 12.8. The number of fused-ring (bicyclic) bond motifs is 3. The molecule has 190 valence electrons. The minimum Gasteiger partial charge on any atom is -0.486 e. The maximum atomic E-state index is 12.8. The van der Waals surface area contributed by atoms with Crippen LogP contribution in [-0.2, 0) is 11.8 Å². The smallest absolute Gasteiger partial charge is 0.295 e. The number of aromatic nitrogens is 3. The number of aryl methyl sites for hydroxylation is 1. The molecule has 2 aliphatic rings. The van der Waals surface area contributed by atoms with Crippen LogP contribution in [0.3, 0.4) is 0 Å². The predicted octanol–water partition coefficient (Wildman–Crippen LogP) is 3.22. The summed E-state index contributed by atoms with van der Waals surface area (Å²) in [5.74, 6) is 1.61. The number of benzene rings is 1. The molecule has 1 amide bonds. The molecular weight excluding hydrogens is 482 g/mol. The number of amides is 1. The number of nitrogens with one attached hydrogen (secondary N) is 2. The van der Waals surface area contributed by atoms with Crippen molar-refractivity contribution in [3.8, 4) is 5.75 Å². The Morgan fingerprint density at radius 2 is 2.06 bits per heavy atom. The number of carbonyl (C=O) groups excluding carboxylic acids is 1. The molecule has 10 nitrogen and oxygen atoms in total. The molecule has 0 saturated carbocycles. The first kappa shape index (κ1) is 24.2. The van der Waals surface area contributed by atoms with E-state index in [2.05, 4.69) is 20.5 Å². The molecule has 0 unspecified atom stereocenters. The van der Waals surface area contributed by atoms with Crippen LogP contribution in [0.15, 0.2) is 29.2 Å². The molecule has 11 heteroatoms. The van der Waals surface area contributed by atoms with Gasteiger partial charge in [0.25, 0.3) is 5.56 Å². The summed E-state index contributed by atoms with van der Waals surface area (Å²) in [5.41, 5.74) is 2.12. The lowest BCUT2D eigenvalue weighted by Gasteiger charge is -2.32. The van der Waals surface area contributed by atoms with Gasteiger partial charge in [-0.3, -0.25) is 9.59 Å². The lowest BCUT2D eigenvalue weighted by molar-refractivity contribution is -0.133. The molecule has 0 bridgehead atoms. The number of halogens is 1. The fourth-order valence-electron chi connectivity index (χ4n) is 4.79. The third-order valence-electron chi connectivity index (χ3n) is 6.78. The molecule has 1 aromatic carbocycles. The van der Waals surface area contributed by atoms with Gasteiger partial charge in [-0.15, -0.1) is 0 Å². The number of piperidine rings is 1. The van der Waals surface area contributed by atoms with Crippen LogP contribution in [0.2, 0.25) is 5.02 Å². The van der Waals surface area contributed by atoms with Gasteiger partial charge in [0.1, 0.15) is 5.02 Å². The largest absolute Gasteiger partial charge is 0.486 e.